The van der Waals surface area contributed by atoms with E-state index in [2.05, 4.69) is 26.2 Å². The predicted octanol–water partition coefficient (Wildman–Crippen LogP) is 1.03. The first-order chi connectivity index (χ1) is 13.1. The third kappa shape index (κ3) is 5.21. The summed E-state index contributed by atoms with van der Waals surface area (Å²) in [4.78, 5) is 24.3. The molecule has 2 amide bonds. The number of carbonyl (C=O) groups excluding carboxylic acids is 2. The molecule has 1 atom stereocenters. The Hall–Kier alpha value is -3.55. The van der Waals surface area contributed by atoms with Crippen LogP contribution in [0, 0.1) is 0 Å². The van der Waals surface area contributed by atoms with Crippen molar-refractivity contribution in [1.29, 1.82) is 0 Å². The molecule has 0 spiro atoms. The molecule has 2 N–H and O–H groups in total. The summed E-state index contributed by atoms with van der Waals surface area (Å²) in [6.45, 7) is 2.09. The molecule has 0 radical (unpaired) electrons. The second-order valence-electron chi connectivity index (χ2n) is 6.09. The number of amides is 2. The topological polar surface area (TPSA) is 102 Å². The minimum Gasteiger partial charge on any atom is -0.350 e. The van der Waals surface area contributed by atoms with E-state index in [0.717, 1.165) is 16.8 Å². The summed E-state index contributed by atoms with van der Waals surface area (Å²) in [5.74, 6) is -0.436. The fourth-order valence-corrected chi connectivity index (χ4v) is 2.53. The molecule has 3 rings (SSSR count). The lowest BCUT2D eigenvalue weighted by molar-refractivity contribution is -0.128. The van der Waals surface area contributed by atoms with E-state index in [4.69, 9.17) is 0 Å². The quantitative estimate of drug-likeness (QED) is 0.652. The van der Waals surface area contributed by atoms with Gasteiger partial charge in [-0.25, -0.2) is 4.68 Å². The fourth-order valence-electron chi connectivity index (χ4n) is 2.53. The lowest BCUT2D eigenvalue weighted by Crippen LogP contribution is -2.45. The van der Waals surface area contributed by atoms with E-state index in [0.29, 0.717) is 6.54 Å². The van der Waals surface area contributed by atoms with Gasteiger partial charge < -0.3 is 10.6 Å². The molecular formula is C19H20N6O2. The molecule has 1 heterocycles. The van der Waals surface area contributed by atoms with Crippen molar-refractivity contribution in [2.75, 3.05) is 0 Å². The molecule has 8 heteroatoms. The van der Waals surface area contributed by atoms with Crippen LogP contribution in [-0.4, -0.2) is 38.1 Å². The third-order valence-electron chi connectivity index (χ3n) is 3.99. The minimum atomic E-state index is -0.610. The van der Waals surface area contributed by atoms with Crippen LogP contribution in [-0.2, 0) is 22.6 Å². The first kappa shape index (κ1) is 18.2. The number of carbonyl (C=O) groups is 2. The number of nitrogens with one attached hydrogen (secondary N) is 2. The van der Waals surface area contributed by atoms with Gasteiger partial charge in [0.25, 0.3) is 0 Å². The number of nitrogens with zero attached hydrogens (tertiary/aromatic N) is 4. The molecule has 8 nitrogen and oxygen atoms in total. The Labute approximate surface area is 156 Å². The normalized spacial score (nSPS) is 11.6. The van der Waals surface area contributed by atoms with Crippen molar-refractivity contribution >= 4 is 11.8 Å². The third-order valence-corrected chi connectivity index (χ3v) is 3.99. The molecule has 1 aromatic heterocycles. The number of hydrogen-bond acceptors (Lipinski definition) is 5. The second kappa shape index (κ2) is 8.70. The molecule has 1 unspecified atom stereocenters. The predicted molar refractivity (Wildman–Crippen MR) is 98.8 cm³/mol. The van der Waals surface area contributed by atoms with Gasteiger partial charge in [0, 0.05) is 6.54 Å². The zero-order valence-corrected chi connectivity index (χ0v) is 14.9. The second-order valence-corrected chi connectivity index (χ2v) is 6.09. The number of tetrazole rings is 1. The van der Waals surface area contributed by atoms with E-state index in [9.17, 15) is 9.59 Å². The highest BCUT2D eigenvalue weighted by atomic mass is 16.2. The largest absolute Gasteiger partial charge is 0.350 e. The average Bonchev–Trinajstić information content (AvgIpc) is 3.22. The van der Waals surface area contributed by atoms with Crippen LogP contribution in [0.2, 0.25) is 0 Å². The minimum absolute atomic E-state index is 0.187. The van der Waals surface area contributed by atoms with E-state index in [1.54, 1.807) is 6.92 Å². The first-order valence-electron chi connectivity index (χ1n) is 8.55. The smallest absolute Gasteiger partial charge is 0.242 e. The molecule has 0 saturated carbocycles. The summed E-state index contributed by atoms with van der Waals surface area (Å²) in [5, 5.41) is 16.5. The van der Waals surface area contributed by atoms with Crippen molar-refractivity contribution in [3.8, 4) is 5.69 Å². The van der Waals surface area contributed by atoms with Crippen molar-refractivity contribution in [3.63, 3.8) is 0 Å². The van der Waals surface area contributed by atoms with Gasteiger partial charge in [-0.2, -0.15) is 0 Å². The van der Waals surface area contributed by atoms with Gasteiger partial charge in [0.2, 0.25) is 11.8 Å². The molecule has 0 aliphatic rings. The van der Waals surface area contributed by atoms with Gasteiger partial charge >= 0.3 is 0 Å². The summed E-state index contributed by atoms with van der Waals surface area (Å²) in [5.41, 5.74) is 2.64. The van der Waals surface area contributed by atoms with Crippen LogP contribution in [0.25, 0.3) is 5.69 Å². The molecule has 0 aliphatic carbocycles. The number of benzene rings is 2. The molecule has 0 fully saturated rings. The monoisotopic (exact) mass is 364 g/mol. The highest BCUT2D eigenvalue weighted by Gasteiger charge is 2.15. The Kier molecular flexibility index (Phi) is 5.88. The zero-order valence-electron chi connectivity index (χ0n) is 14.9. The molecule has 2 aromatic carbocycles. The van der Waals surface area contributed by atoms with Crippen LogP contribution in [0.1, 0.15) is 18.1 Å². The summed E-state index contributed by atoms with van der Waals surface area (Å²) in [6, 6.07) is 16.3. The first-order valence-corrected chi connectivity index (χ1v) is 8.55. The van der Waals surface area contributed by atoms with Gasteiger partial charge in [-0.15, -0.1) is 5.10 Å². The molecule has 138 valence electrons. The van der Waals surface area contributed by atoms with Gasteiger partial charge in [0.1, 0.15) is 12.4 Å². The lowest BCUT2D eigenvalue weighted by Gasteiger charge is -2.14. The van der Waals surface area contributed by atoms with Gasteiger partial charge in [0.15, 0.2) is 0 Å². The Morgan fingerprint density at radius 3 is 2.44 bits per heavy atom. The van der Waals surface area contributed by atoms with Crippen LogP contribution in [0.5, 0.6) is 0 Å². The summed E-state index contributed by atoms with van der Waals surface area (Å²) >= 11 is 0. The summed E-state index contributed by atoms with van der Waals surface area (Å²) < 4.78 is 1.53. The Balaban J connectivity index is 1.47. The lowest BCUT2D eigenvalue weighted by atomic mass is 10.1. The Morgan fingerprint density at radius 2 is 1.78 bits per heavy atom. The number of hydrogen-bond donors (Lipinski definition) is 2. The van der Waals surface area contributed by atoms with Crippen LogP contribution in [0.15, 0.2) is 60.9 Å². The van der Waals surface area contributed by atoms with Gasteiger partial charge in [-0.05, 0) is 40.6 Å². The van der Waals surface area contributed by atoms with E-state index in [1.807, 2.05) is 54.6 Å². The number of rotatable bonds is 7. The van der Waals surface area contributed by atoms with Crippen LogP contribution < -0.4 is 10.6 Å². The molecular weight excluding hydrogens is 344 g/mol. The van der Waals surface area contributed by atoms with Crippen molar-refractivity contribution < 1.29 is 9.59 Å². The molecule has 0 bridgehead atoms. The maximum atomic E-state index is 12.2. The molecule has 0 saturated heterocycles. The molecule has 0 aliphatic heterocycles. The standard InChI is InChI=1S/C19H20N6O2/c1-14(19(27)20-12-16-5-3-2-4-6-16)22-18(26)11-15-7-9-17(10-8-15)25-13-21-23-24-25/h2-10,13-14H,11-12H2,1H3,(H,20,27)(H,22,26). The van der Waals surface area contributed by atoms with E-state index in [-0.39, 0.29) is 18.2 Å². The van der Waals surface area contributed by atoms with E-state index >= 15 is 0 Å². The van der Waals surface area contributed by atoms with Crippen molar-refractivity contribution in [3.05, 3.63) is 72.1 Å². The van der Waals surface area contributed by atoms with E-state index < -0.39 is 6.04 Å². The summed E-state index contributed by atoms with van der Waals surface area (Å²) in [7, 11) is 0. The van der Waals surface area contributed by atoms with Crippen LogP contribution in [0.4, 0.5) is 0 Å². The average molecular weight is 364 g/mol. The highest BCUT2D eigenvalue weighted by molar-refractivity contribution is 5.88. The Bertz CT molecular complexity index is 878. The van der Waals surface area contributed by atoms with Crippen molar-refractivity contribution in [2.24, 2.45) is 0 Å². The van der Waals surface area contributed by atoms with Gasteiger partial charge in [-0.1, -0.05) is 42.5 Å². The van der Waals surface area contributed by atoms with Gasteiger partial charge in [-0.3, -0.25) is 9.59 Å². The maximum Gasteiger partial charge on any atom is 0.242 e. The van der Waals surface area contributed by atoms with Crippen molar-refractivity contribution in [1.82, 2.24) is 30.8 Å². The van der Waals surface area contributed by atoms with Crippen molar-refractivity contribution in [2.45, 2.75) is 25.9 Å². The maximum absolute atomic E-state index is 12.2. The van der Waals surface area contributed by atoms with E-state index in [1.165, 1.54) is 11.0 Å². The number of aromatic nitrogens is 4. The molecule has 3 aromatic rings. The zero-order chi connectivity index (χ0) is 19.1. The van der Waals surface area contributed by atoms with Crippen LogP contribution in [0.3, 0.4) is 0 Å². The SMILES string of the molecule is CC(NC(=O)Cc1ccc(-n2cnnn2)cc1)C(=O)NCc1ccccc1. The summed E-state index contributed by atoms with van der Waals surface area (Å²) in [6.07, 6.45) is 1.68. The Morgan fingerprint density at radius 1 is 1.04 bits per heavy atom. The molecule has 27 heavy (non-hydrogen) atoms. The van der Waals surface area contributed by atoms with Crippen LogP contribution >= 0.6 is 0 Å². The fraction of sp³-hybridized carbons (Fsp3) is 0.211. The highest BCUT2D eigenvalue weighted by Crippen LogP contribution is 2.08. The van der Waals surface area contributed by atoms with Gasteiger partial charge in [0.05, 0.1) is 12.1 Å².